The van der Waals surface area contributed by atoms with Gasteiger partial charge in [-0.1, -0.05) is 55.9 Å². The number of hydrogen-bond acceptors (Lipinski definition) is 5. The predicted octanol–water partition coefficient (Wildman–Crippen LogP) is 4.76. The molecule has 0 aromatic heterocycles. The van der Waals surface area contributed by atoms with Gasteiger partial charge in [-0.25, -0.2) is 9.89 Å². The Kier molecular flexibility index (Phi) is 5.96. The lowest BCUT2D eigenvalue weighted by Crippen LogP contribution is -2.42. The Morgan fingerprint density at radius 2 is 1.84 bits per heavy atom. The first-order valence-corrected chi connectivity index (χ1v) is 11.4. The van der Waals surface area contributed by atoms with Crippen LogP contribution in [-0.2, 0) is 9.59 Å². The molecule has 0 fully saturated rings. The van der Waals surface area contributed by atoms with Crippen LogP contribution in [0.25, 0.3) is 0 Å². The number of aryl methyl sites for hydroxylation is 1. The minimum absolute atomic E-state index is 0.0732. The maximum absolute atomic E-state index is 13.2. The monoisotopic (exact) mass is 434 g/mol. The second-order valence-corrected chi connectivity index (χ2v) is 9.56. The number of carbonyl (C=O) groups is 2. The molecule has 1 N–H and O–H groups in total. The van der Waals surface area contributed by atoms with Gasteiger partial charge >= 0.3 is 0 Å². The first-order valence-electron chi connectivity index (χ1n) is 10.5. The SMILES string of the molecule is Cc1ccccc1NC(=O)C(C)SC1=Nc2ccccc2C2=NC(CC(C)C)C(=O)N12. The minimum Gasteiger partial charge on any atom is -0.325 e. The standard InChI is InChI=1S/C24H26N4O2S/c1-14(2)13-20-23(30)28-21(25-20)17-10-6-8-12-19(17)27-24(28)31-16(4)22(29)26-18-11-7-5-9-15(18)3/h5-12,14,16,20H,13H2,1-4H3,(H,26,29). The first-order chi connectivity index (χ1) is 14.8. The van der Waals surface area contributed by atoms with Gasteiger partial charge in [0.1, 0.15) is 11.9 Å². The molecule has 31 heavy (non-hydrogen) atoms. The number of thioether (sulfide) groups is 1. The topological polar surface area (TPSA) is 74.1 Å². The average Bonchev–Trinajstić information content (AvgIpc) is 3.06. The Hall–Kier alpha value is -2.93. The molecule has 0 bridgehead atoms. The number of nitrogens with one attached hydrogen (secondary N) is 1. The highest BCUT2D eigenvalue weighted by atomic mass is 32.2. The van der Waals surface area contributed by atoms with E-state index in [-0.39, 0.29) is 11.8 Å². The van der Waals surface area contributed by atoms with Crippen molar-refractivity contribution in [1.82, 2.24) is 4.90 Å². The number of amides is 2. The fourth-order valence-electron chi connectivity index (χ4n) is 3.64. The van der Waals surface area contributed by atoms with Gasteiger partial charge < -0.3 is 5.32 Å². The van der Waals surface area contributed by atoms with Gasteiger partial charge in [0.2, 0.25) is 5.91 Å². The zero-order chi connectivity index (χ0) is 22.1. The number of nitrogens with zero attached hydrogens (tertiary/aromatic N) is 3. The molecule has 2 aliphatic heterocycles. The number of benzene rings is 2. The molecule has 2 aliphatic rings. The average molecular weight is 435 g/mol. The van der Waals surface area contributed by atoms with Gasteiger partial charge in [0.05, 0.1) is 10.9 Å². The van der Waals surface area contributed by atoms with E-state index in [4.69, 9.17) is 9.98 Å². The van der Waals surface area contributed by atoms with Crippen molar-refractivity contribution in [1.29, 1.82) is 0 Å². The maximum Gasteiger partial charge on any atom is 0.259 e. The first kappa shape index (κ1) is 21.3. The molecular formula is C24H26N4O2S. The largest absolute Gasteiger partial charge is 0.325 e. The van der Waals surface area contributed by atoms with Crippen LogP contribution in [0.1, 0.15) is 38.3 Å². The minimum atomic E-state index is -0.443. The summed E-state index contributed by atoms with van der Waals surface area (Å²) in [7, 11) is 0. The third-order valence-electron chi connectivity index (χ3n) is 5.30. The van der Waals surface area contributed by atoms with Gasteiger partial charge in [0, 0.05) is 11.3 Å². The molecule has 6 nitrogen and oxygen atoms in total. The summed E-state index contributed by atoms with van der Waals surface area (Å²) in [5.41, 5.74) is 3.40. The number of carbonyl (C=O) groups excluding carboxylic acids is 2. The zero-order valence-electron chi connectivity index (χ0n) is 18.1. The number of rotatable bonds is 5. The Morgan fingerprint density at radius 1 is 1.13 bits per heavy atom. The Labute approximate surface area is 186 Å². The van der Waals surface area contributed by atoms with Crippen molar-refractivity contribution in [2.24, 2.45) is 15.9 Å². The molecule has 2 amide bonds. The molecule has 0 saturated heterocycles. The van der Waals surface area contributed by atoms with E-state index < -0.39 is 11.3 Å². The molecule has 160 valence electrons. The van der Waals surface area contributed by atoms with Crippen LogP contribution in [0.2, 0.25) is 0 Å². The summed E-state index contributed by atoms with van der Waals surface area (Å²) < 4.78 is 0. The number of aliphatic imine (C=N–C) groups is 2. The van der Waals surface area contributed by atoms with Crippen LogP contribution in [0.5, 0.6) is 0 Å². The molecule has 2 aromatic rings. The summed E-state index contributed by atoms with van der Waals surface area (Å²) in [5.74, 6) is 0.776. The Bertz CT molecular complexity index is 1090. The highest BCUT2D eigenvalue weighted by Crippen LogP contribution is 2.35. The van der Waals surface area contributed by atoms with Gasteiger partial charge in [-0.3, -0.25) is 14.6 Å². The van der Waals surface area contributed by atoms with Gasteiger partial charge in [0.25, 0.3) is 5.91 Å². The van der Waals surface area contributed by atoms with E-state index in [2.05, 4.69) is 19.2 Å². The van der Waals surface area contributed by atoms with Crippen LogP contribution < -0.4 is 5.32 Å². The molecule has 2 atom stereocenters. The van der Waals surface area contributed by atoms with E-state index in [9.17, 15) is 9.59 Å². The second-order valence-electron chi connectivity index (χ2n) is 8.25. The number of amidine groups is 2. The number of para-hydroxylation sites is 2. The molecule has 0 spiro atoms. The van der Waals surface area contributed by atoms with E-state index in [0.717, 1.165) is 22.5 Å². The van der Waals surface area contributed by atoms with E-state index in [1.165, 1.54) is 11.8 Å². The smallest absolute Gasteiger partial charge is 0.259 e. The molecule has 2 unspecified atom stereocenters. The Morgan fingerprint density at radius 3 is 2.58 bits per heavy atom. The predicted molar refractivity (Wildman–Crippen MR) is 127 cm³/mol. The Balaban J connectivity index is 1.60. The molecule has 7 heteroatoms. The summed E-state index contributed by atoms with van der Waals surface area (Å²) in [6.07, 6.45) is 0.683. The van der Waals surface area contributed by atoms with E-state index >= 15 is 0 Å². The molecule has 2 heterocycles. The van der Waals surface area contributed by atoms with Gasteiger partial charge in [-0.15, -0.1) is 0 Å². The van der Waals surface area contributed by atoms with Crippen LogP contribution in [0.15, 0.2) is 58.5 Å². The van der Waals surface area contributed by atoms with Gasteiger partial charge in [-0.2, -0.15) is 0 Å². The van der Waals surface area contributed by atoms with Gasteiger partial charge in [0.15, 0.2) is 5.17 Å². The van der Waals surface area contributed by atoms with Crippen molar-refractivity contribution in [3.05, 3.63) is 59.7 Å². The summed E-state index contributed by atoms with van der Waals surface area (Å²) >= 11 is 1.28. The lowest BCUT2D eigenvalue weighted by atomic mass is 10.0. The number of anilines is 1. The fraction of sp³-hybridized carbons (Fsp3) is 0.333. The normalized spacial score (nSPS) is 18.3. The summed E-state index contributed by atoms with van der Waals surface area (Å²) in [6.45, 7) is 7.95. The molecule has 0 saturated carbocycles. The van der Waals surface area contributed by atoms with Crippen molar-refractivity contribution in [2.45, 2.75) is 45.4 Å². The number of hydrogen-bond donors (Lipinski definition) is 1. The second kappa shape index (κ2) is 8.67. The fourth-order valence-corrected chi connectivity index (χ4v) is 4.56. The third kappa shape index (κ3) is 4.28. The van der Waals surface area contributed by atoms with Crippen molar-refractivity contribution in [3.8, 4) is 0 Å². The van der Waals surface area contributed by atoms with Crippen LogP contribution in [0, 0.1) is 12.8 Å². The molecular weight excluding hydrogens is 408 g/mol. The van der Waals surface area contributed by atoms with Crippen LogP contribution in [0.3, 0.4) is 0 Å². The van der Waals surface area contributed by atoms with E-state index in [1.807, 2.05) is 62.4 Å². The highest BCUT2D eigenvalue weighted by Gasteiger charge is 2.42. The quantitative estimate of drug-likeness (QED) is 0.737. The lowest BCUT2D eigenvalue weighted by Gasteiger charge is -2.27. The van der Waals surface area contributed by atoms with Crippen molar-refractivity contribution < 1.29 is 9.59 Å². The van der Waals surface area contributed by atoms with Crippen molar-refractivity contribution >= 4 is 46.0 Å². The summed E-state index contributed by atoms with van der Waals surface area (Å²) in [4.78, 5) is 37.1. The maximum atomic E-state index is 13.2. The third-order valence-corrected chi connectivity index (χ3v) is 6.35. The lowest BCUT2D eigenvalue weighted by molar-refractivity contribution is -0.125. The summed E-state index contributed by atoms with van der Waals surface area (Å²) in [6, 6.07) is 14.9. The zero-order valence-corrected chi connectivity index (χ0v) is 18.9. The molecule has 2 aromatic carbocycles. The van der Waals surface area contributed by atoms with E-state index in [1.54, 1.807) is 4.90 Å². The molecule has 0 radical (unpaired) electrons. The van der Waals surface area contributed by atoms with E-state index in [0.29, 0.717) is 23.3 Å². The van der Waals surface area contributed by atoms with Crippen LogP contribution in [0.4, 0.5) is 11.4 Å². The highest BCUT2D eigenvalue weighted by molar-refractivity contribution is 8.15. The van der Waals surface area contributed by atoms with Crippen LogP contribution >= 0.6 is 11.8 Å². The molecule has 0 aliphatic carbocycles. The molecule has 4 rings (SSSR count). The van der Waals surface area contributed by atoms with Crippen molar-refractivity contribution in [3.63, 3.8) is 0 Å². The summed E-state index contributed by atoms with van der Waals surface area (Å²) in [5, 5.41) is 3.03. The van der Waals surface area contributed by atoms with Gasteiger partial charge in [-0.05, 0) is 49.9 Å². The van der Waals surface area contributed by atoms with Crippen molar-refractivity contribution in [2.75, 3.05) is 5.32 Å². The number of fused-ring (bicyclic) bond motifs is 3. The van der Waals surface area contributed by atoms with Crippen LogP contribution in [-0.4, -0.2) is 39.0 Å².